The summed E-state index contributed by atoms with van der Waals surface area (Å²) < 4.78 is 26.7. The van der Waals surface area contributed by atoms with Crippen LogP contribution < -0.4 is 10.2 Å². The minimum atomic E-state index is -3.51. The normalized spacial score (nSPS) is 19.9. The van der Waals surface area contributed by atoms with E-state index in [1.807, 2.05) is 48.5 Å². The second kappa shape index (κ2) is 8.78. The molecular weight excluding hydrogens is 398 g/mol. The first-order valence-corrected chi connectivity index (χ1v) is 12.3. The molecule has 30 heavy (non-hydrogen) atoms. The molecule has 1 amide bonds. The van der Waals surface area contributed by atoms with Crippen LogP contribution in [0.5, 0.6) is 0 Å². The number of amides is 1. The number of hydrogen-bond acceptors (Lipinski definition) is 4. The zero-order chi connectivity index (χ0) is 21.1. The van der Waals surface area contributed by atoms with Gasteiger partial charge in [0.1, 0.15) is 6.04 Å². The average molecular weight is 428 g/mol. The van der Waals surface area contributed by atoms with Gasteiger partial charge < -0.3 is 10.2 Å². The maximum Gasteiger partial charge on any atom is 0.243 e. The van der Waals surface area contributed by atoms with Gasteiger partial charge in [-0.3, -0.25) is 4.79 Å². The number of carbonyl (C=O) groups excluding carboxylic acids is 1. The van der Waals surface area contributed by atoms with E-state index in [1.165, 1.54) is 23.6 Å². The average Bonchev–Trinajstić information content (AvgIpc) is 2.79. The Morgan fingerprint density at radius 2 is 1.67 bits per heavy atom. The van der Waals surface area contributed by atoms with Crippen LogP contribution >= 0.6 is 0 Å². The molecular formula is C23H29N3O3S. The Hall–Kier alpha value is -2.38. The monoisotopic (exact) mass is 427 g/mol. The molecule has 2 aliphatic heterocycles. The summed E-state index contributed by atoms with van der Waals surface area (Å²) in [6.07, 6.45) is 4.09. The fraction of sp³-hybridized carbons (Fsp3) is 0.435. The molecule has 0 saturated carbocycles. The number of rotatable bonds is 5. The number of nitrogens with zero attached hydrogens (tertiary/aromatic N) is 2. The highest BCUT2D eigenvalue weighted by molar-refractivity contribution is 7.89. The fourth-order valence-electron chi connectivity index (χ4n) is 4.31. The Kier molecular flexibility index (Phi) is 6.11. The molecule has 2 aromatic rings. The van der Waals surface area contributed by atoms with Crippen molar-refractivity contribution in [3.05, 3.63) is 59.7 Å². The lowest BCUT2D eigenvalue weighted by Gasteiger charge is -2.34. The summed E-state index contributed by atoms with van der Waals surface area (Å²) in [5.41, 5.74) is 3.84. The van der Waals surface area contributed by atoms with Crippen LogP contribution in [0.25, 0.3) is 0 Å². The zero-order valence-electron chi connectivity index (χ0n) is 17.4. The Balaban J connectivity index is 1.52. The number of piperidine rings is 1. The lowest BCUT2D eigenvalue weighted by Crippen LogP contribution is -2.51. The van der Waals surface area contributed by atoms with Gasteiger partial charge in [-0.25, -0.2) is 8.42 Å². The van der Waals surface area contributed by atoms with E-state index in [0.29, 0.717) is 12.1 Å². The molecule has 2 aliphatic rings. The third-order valence-corrected chi connectivity index (χ3v) is 7.91. The maximum atomic E-state index is 13.1. The van der Waals surface area contributed by atoms with Gasteiger partial charge in [-0.2, -0.15) is 4.31 Å². The SMILES string of the molecule is CCS(=O)(=O)N1Cc2ccccc2CC1C(=O)Nc1ccc(N2CCCCC2)cc1. The van der Waals surface area contributed by atoms with Crippen molar-refractivity contribution in [3.63, 3.8) is 0 Å². The number of anilines is 2. The Morgan fingerprint density at radius 3 is 2.33 bits per heavy atom. The standard InChI is InChI=1S/C23H29N3O3S/c1-2-30(28,29)26-17-19-9-5-4-8-18(19)16-22(26)23(27)24-20-10-12-21(13-11-20)25-14-6-3-7-15-25/h4-5,8-13,22H,2-3,6-7,14-17H2,1H3,(H,24,27). The van der Waals surface area contributed by atoms with E-state index in [2.05, 4.69) is 10.2 Å². The van der Waals surface area contributed by atoms with Crippen molar-refractivity contribution in [2.24, 2.45) is 0 Å². The molecule has 0 aliphatic carbocycles. The molecule has 6 nitrogen and oxygen atoms in total. The second-order valence-electron chi connectivity index (χ2n) is 8.02. The van der Waals surface area contributed by atoms with Gasteiger partial charge in [-0.05, 0) is 68.0 Å². The lowest BCUT2D eigenvalue weighted by atomic mass is 9.95. The topological polar surface area (TPSA) is 69.7 Å². The molecule has 0 spiro atoms. The molecule has 1 unspecified atom stereocenters. The van der Waals surface area contributed by atoms with E-state index >= 15 is 0 Å². The number of carbonyl (C=O) groups is 1. The van der Waals surface area contributed by atoms with E-state index in [-0.39, 0.29) is 18.2 Å². The molecule has 2 heterocycles. The minimum Gasteiger partial charge on any atom is -0.372 e. The van der Waals surface area contributed by atoms with E-state index in [1.54, 1.807) is 6.92 Å². The van der Waals surface area contributed by atoms with Crippen LogP contribution in [0.1, 0.15) is 37.3 Å². The summed E-state index contributed by atoms with van der Waals surface area (Å²) >= 11 is 0. The summed E-state index contributed by atoms with van der Waals surface area (Å²) in [5, 5.41) is 2.94. The van der Waals surface area contributed by atoms with Gasteiger partial charge in [0, 0.05) is 31.0 Å². The van der Waals surface area contributed by atoms with Crippen LogP contribution in [0.3, 0.4) is 0 Å². The number of hydrogen-bond donors (Lipinski definition) is 1. The molecule has 0 aromatic heterocycles. The van der Waals surface area contributed by atoms with E-state index < -0.39 is 16.1 Å². The van der Waals surface area contributed by atoms with Crippen molar-refractivity contribution >= 4 is 27.3 Å². The predicted octanol–water partition coefficient (Wildman–Crippen LogP) is 3.39. The van der Waals surface area contributed by atoms with Gasteiger partial charge in [-0.15, -0.1) is 0 Å². The Labute approximate surface area is 178 Å². The molecule has 4 rings (SSSR count). The summed E-state index contributed by atoms with van der Waals surface area (Å²) in [4.78, 5) is 15.5. The van der Waals surface area contributed by atoms with E-state index in [0.717, 1.165) is 29.9 Å². The summed E-state index contributed by atoms with van der Waals surface area (Å²) in [5.74, 6) is -0.309. The van der Waals surface area contributed by atoms with Crippen molar-refractivity contribution in [3.8, 4) is 0 Å². The first-order valence-electron chi connectivity index (χ1n) is 10.7. The van der Waals surface area contributed by atoms with Crippen molar-refractivity contribution in [1.29, 1.82) is 0 Å². The summed E-state index contributed by atoms with van der Waals surface area (Å²) in [6.45, 7) is 3.98. The third kappa shape index (κ3) is 4.37. The zero-order valence-corrected chi connectivity index (χ0v) is 18.2. The number of sulfonamides is 1. The summed E-state index contributed by atoms with van der Waals surface area (Å²) in [7, 11) is -3.51. The van der Waals surface area contributed by atoms with Crippen LogP contribution in [-0.2, 0) is 27.8 Å². The lowest BCUT2D eigenvalue weighted by molar-refractivity contribution is -0.120. The maximum absolute atomic E-state index is 13.1. The first kappa shape index (κ1) is 20.9. The molecule has 0 bridgehead atoms. The fourth-order valence-corrected chi connectivity index (χ4v) is 5.54. The first-order chi connectivity index (χ1) is 14.5. The quantitative estimate of drug-likeness (QED) is 0.794. The summed E-state index contributed by atoms with van der Waals surface area (Å²) in [6, 6.07) is 14.8. The van der Waals surface area contributed by atoms with Crippen molar-refractivity contribution in [1.82, 2.24) is 4.31 Å². The predicted molar refractivity (Wildman–Crippen MR) is 120 cm³/mol. The molecule has 2 aromatic carbocycles. The van der Waals surface area contributed by atoms with Gasteiger partial charge >= 0.3 is 0 Å². The molecule has 7 heteroatoms. The smallest absolute Gasteiger partial charge is 0.243 e. The molecule has 160 valence electrons. The molecule has 1 saturated heterocycles. The Morgan fingerprint density at radius 1 is 1.00 bits per heavy atom. The third-order valence-electron chi connectivity index (χ3n) is 6.09. The van der Waals surface area contributed by atoms with Crippen LogP contribution in [-0.4, -0.2) is 43.5 Å². The van der Waals surface area contributed by atoms with Gasteiger partial charge in [0.25, 0.3) is 0 Å². The minimum absolute atomic E-state index is 0.0243. The Bertz CT molecular complexity index is 999. The van der Waals surface area contributed by atoms with Gasteiger partial charge in [-0.1, -0.05) is 24.3 Å². The molecule has 1 atom stereocenters. The molecule has 1 N–H and O–H groups in total. The van der Waals surface area contributed by atoms with Crippen molar-refractivity contribution < 1.29 is 13.2 Å². The highest BCUT2D eigenvalue weighted by Crippen LogP contribution is 2.27. The van der Waals surface area contributed by atoms with Gasteiger partial charge in [0.15, 0.2) is 0 Å². The number of fused-ring (bicyclic) bond motifs is 1. The van der Waals surface area contributed by atoms with Crippen LogP contribution in [0.2, 0.25) is 0 Å². The second-order valence-corrected chi connectivity index (χ2v) is 10.2. The number of nitrogens with one attached hydrogen (secondary N) is 1. The van der Waals surface area contributed by atoms with Crippen molar-refractivity contribution in [2.75, 3.05) is 29.1 Å². The van der Waals surface area contributed by atoms with Gasteiger partial charge in [0.05, 0.1) is 5.75 Å². The molecule has 0 radical (unpaired) electrons. The van der Waals surface area contributed by atoms with Crippen LogP contribution in [0.4, 0.5) is 11.4 Å². The number of benzene rings is 2. The highest BCUT2D eigenvalue weighted by Gasteiger charge is 2.37. The van der Waals surface area contributed by atoms with Gasteiger partial charge in [0.2, 0.25) is 15.9 Å². The van der Waals surface area contributed by atoms with Crippen LogP contribution in [0.15, 0.2) is 48.5 Å². The molecule has 1 fully saturated rings. The highest BCUT2D eigenvalue weighted by atomic mass is 32.2. The largest absolute Gasteiger partial charge is 0.372 e. The van der Waals surface area contributed by atoms with Crippen molar-refractivity contribution in [2.45, 2.75) is 45.2 Å². The van der Waals surface area contributed by atoms with E-state index in [9.17, 15) is 13.2 Å². The van der Waals surface area contributed by atoms with E-state index in [4.69, 9.17) is 0 Å². The van der Waals surface area contributed by atoms with Crippen LogP contribution in [0, 0.1) is 0 Å².